The standard InChI is InChI=1S/C15H9ClN2O3S/c16-11-6-5-8(7-10(11)15(20)21)17-18-14-13(19)9-3-1-2-4-12(9)22-14/h1-7,19H,(H,20,21). The Morgan fingerprint density at radius 3 is 2.64 bits per heavy atom. The fourth-order valence-corrected chi connectivity index (χ4v) is 3.05. The molecule has 5 nitrogen and oxygen atoms in total. The van der Waals surface area contributed by atoms with Crippen molar-refractivity contribution < 1.29 is 15.0 Å². The van der Waals surface area contributed by atoms with E-state index in [1.165, 1.54) is 23.5 Å². The maximum Gasteiger partial charge on any atom is 0.337 e. The van der Waals surface area contributed by atoms with Gasteiger partial charge in [0.1, 0.15) is 0 Å². The molecule has 0 amide bonds. The summed E-state index contributed by atoms with van der Waals surface area (Å²) in [6, 6.07) is 11.7. The van der Waals surface area contributed by atoms with Gasteiger partial charge in [0.25, 0.3) is 0 Å². The number of aromatic carboxylic acids is 1. The number of hydrogen-bond donors (Lipinski definition) is 2. The van der Waals surface area contributed by atoms with Gasteiger partial charge >= 0.3 is 5.97 Å². The van der Waals surface area contributed by atoms with Gasteiger partial charge < -0.3 is 10.2 Å². The second kappa shape index (κ2) is 5.75. The summed E-state index contributed by atoms with van der Waals surface area (Å²) in [7, 11) is 0. The minimum Gasteiger partial charge on any atom is -0.504 e. The van der Waals surface area contributed by atoms with Crippen molar-refractivity contribution >= 4 is 49.7 Å². The van der Waals surface area contributed by atoms with Crippen molar-refractivity contribution in [1.82, 2.24) is 0 Å². The highest BCUT2D eigenvalue weighted by atomic mass is 35.5. The molecule has 110 valence electrons. The van der Waals surface area contributed by atoms with Crippen LogP contribution in [-0.2, 0) is 0 Å². The van der Waals surface area contributed by atoms with Crippen LogP contribution in [0.2, 0.25) is 5.02 Å². The molecule has 2 aromatic carbocycles. The first-order valence-electron chi connectivity index (χ1n) is 6.21. The van der Waals surface area contributed by atoms with Gasteiger partial charge in [-0.2, -0.15) is 0 Å². The monoisotopic (exact) mass is 332 g/mol. The molecule has 0 saturated heterocycles. The van der Waals surface area contributed by atoms with E-state index >= 15 is 0 Å². The molecular weight excluding hydrogens is 324 g/mol. The summed E-state index contributed by atoms with van der Waals surface area (Å²) in [5.74, 6) is -1.07. The third kappa shape index (κ3) is 2.66. The van der Waals surface area contributed by atoms with Gasteiger partial charge in [-0.15, -0.1) is 21.6 Å². The molecule has 3 aromatic rings. The molecule has 2 N–H and O–H groups in total. The summed E-state index contributed by atoms with van der Waals surface area (Å²) in [6.07, 6.45) is 0. The van der Waals surface area contributed by atoms with E-state index in [9.17, 15) is 9.90 Å². The van der Waals surface area contributed by atoms with Crippen molar-refractivity contribution in [1.29, 1.82) is 0 Å². The number of fused-ring (bicyclic) bond motifs is 1. The maximum atomic E-state index is 11.0. The van der Waals surface area contributed by atoms with E-state index in [0.717, 1.165) is 4.70 Å². The van der Waals surface area contributed by atoms with Crippen LogP contribution >= 0.6 is 22.9 Å². The molecular formula is C15H9ClN2O3S. The maximum absolute atomic E-state index is 11.0. The lowest BCUT2D eigenvalue weighted by atomic mass is 10.2. The minimum absolute atomic E-state index is 0.0429. The third-order valence-electron chi connectivity index (χ3n) is 2.99. The van der Waals surface area contributed by atoms with Crippen molar-refractivity contribution in [3.63, 3.8) is 0 Å². The number of carboxylic acid groups (broad SMARTS) is 1. The van der Waals surface area contributed by atoms with Crippen LogP contribution in [0, 0.1) is 0 Å². The largest absolute Gasteiger partial charge is 0.504 e. The molecule has 0 bridgehead atoms. The second-order valence-electron chi connectivity index (χ2n) is 4.42. The predicted octanol–water partition coefficient (Wildman–Crippen LogP) is 5.37. The lowest BCUT2D eigenvalue weighted by Gasteiger charge is -1.99. The molecule has 0 saturated carbocycles. The van der Waals surface area contributed by atoms with Gasteiger partial charge in [-0.3, -0.25) is 0 Å². The first-order valence-corrected chi connectivity index (χ1v) is 7.41. The van der Waals surface area contributed by atoms with Crippen LogP contribution < -0.4 is 0 Å². The zero-order valence-electron chi connectivity index (χ0n) is 11.0. The zero-order chi connectivity index (χ0) is 15.7. The van der Waals surface area contributed by atoms with Gasteiger partial charge in [-0.05, 0) is 30.3 Å². The minimum atomic E-state index is -1.13. The Bertz CT molecular complexity index is 905. The SMILES string of the molecule is O=C(O)c1cc(N=Nc2sc3ccccc3c2O)ccc1Cl. The molecule has 7 heteroatoms. The number of thiophene rings is 1. The fraction of sp³-hybridized carbons (Fsp3) is 0. The number of halogens is 1. The van der Waals surface area contributed by atoms with Crippen LogP contribution in [0.1, 0.15) is 10.4 Å². The average molecular weight is 333 g/mol. The van der Waals surface area contributed by atoms with Crippen LogP contribution in [0.3, 0.4) is 0 Å². The van der Waals surface area contributed by atoms with Gasteiger partial charge in [-0.25, -0.2) is 4.79 Å². The number of azo groups is 1. The number of hydrogen-bond acceptors (Lipinski definition) is 5. The average Bonchev–Trinajstić information content (AvgIpc) is 2.83. The van der Waals surface area contributed by atoms with Gasteiger partial charge in [0.15, 0.2) is 10.8 Å². The quantitative estimate of drug-likeness (QED) is 0.632. The van der Waals surface area contributed by atoms with Gasteiger partial charge in [-0.1, -0.05) is 23.7 Å². The topological polar surface area (TPSA) is 82.2 Å². The Kier molecular flexibility index (Phi) is 3.79. The molecule has 0 radical (unpaired) electrons. The van der Waals surface area contributed by atoms with E-state index in [1.54, 1.807) is 12.1 Å². The Labute approximate surface area is 134 Å². The molecule has 0 aliphatic carbocycles. The first-order chi connectivity index (χ1) is 10.6. The van der Waals surface area contributed by atoms with Crippen molar-refractivity contribution in [2.45, 2.75) is 0 Å². The number of carboxylic acids is 1. The van der Waals surface area contributed by atoms with E-state index in [-0.39, 0.29) is 16.3 Å². The highest BCUT2D eigenvalue weighted by Gasteiger charge is 2.11. The number of carbonyl (C=O) groups is 1. The van der Waals surface area contributed by atoms with E-state index in [0.29, 0.717) is 16.1 Å². The Hall–Kier alpha value is -2.44. The highest BCUT2D eigenvalue weighted by Crippen LogP contribution is 2.43. The summed E-state index contributed by atoms with van der Waals surface area (Å²) in [5, 5.41) is 28.3. The Morgan fingerprint density at radius 2 is 1.91 bits per heavy atom. The second-order valence-corrected chi connectivity index (χ2v) is 5.86. The van der Waals surface area contributed by atoms with Crippen LogP contribution in [-0.4, -0.2) is 16.2 Å². The normalized spacial score (nSPS) is 11.3. The van der Waals surface area contributed by atoms with E-state index in [2.05, 4.69) is 10.2 Å². The molecule has 1 aromatic heterocycles. The Morgan fingerprint density at radius 1 is 1.14 bits per heavy atom. The van der Waals surface area contributed by atoms with Crippen molar-refractivity contribution in [2.24, 2.45) is 10.2 Å². The van der Waals surface area contributed by atoms with E-state index in [4.69, 9.17) is 16.7 Å². The summed E-state index contributed by atoms with van der Waals surface area (Å²) >= 11 is 7.10. The van der Waals surface area contributed by atoms with Crippen LogP contribution in [0.4, 0.5) is 10.7 Å². The molecule has 0 aliphatic heterocycles. The molecule has 0 spiro atoms. The lowest BCUT2D eigenvalue weighted by molar-refractivity contribution is 0.0697. The molecule has 0 aliphatic rings. The molecule has 0 fully saturated rings. The number of nitrogens with zero attached hydrogens (tertiary/aromatic N) is 2. The van der Waals surface area contributed by atoms with E-state index < -0.39 is 5.97 Å². The summed E-state index contributed by atoms with van der Waals surface area (Å²) in [6.45, 7) is 0. The molecule has 0 unspecified atom stereocenters. The highest BCUT2D eigenvalue weighted by molar-refractivity contribution is 7.23. The van der Waals surface area contributed by atoms with Crippen LogP contribution in [0.25, 0.3) is 10.1 Å². The van der Waals surface area contributed by atoms with Crippen LogP contribution in [0.5, 0.6) is 5.75 Å². The predicted molar refractivity (Wildman–Crippen MR) is 86.1 cm³/mol. The van der Waals surface area contributed by atoms with E-state index in [1.807, 2.05) is 18.2 Å². The van der Waals surface area contributed by atoms with Crippen molar-refractivity contribution in [3.05, 3.63) is 53.1 Å². The molecule has 3 rings (SSSR count). The molecule has 22 heavy (non-hydrogen) atoms. The number of rotatable bonds is 3. The van der Waals surface area contributed by atoms with Crippen LogP contribution in [0.15, 0.2) is 52.7 Å². The molecule has 1 heterocycles. The summed E-state index contributed by atoms with van der Waals surface area (Å²) in [5.41, 5.74) is 0.303. The van der Waals surface area contributed by atoms with Crippen molar-refractivity contribution in [3.8, 4) is 5.75 Å². The summed E-state index contributed by atoms with van der Waals surface area (Å²) < 4.78 is 0.899. The van der Waals surface area contributed by atoms with Gasteiger partial charge in [0.05, 0.1) is 16.3 Å². The van der Waals surface area contributed by atoms with Gasteiger partial charge in [0.2, 0.25) is 0 Å². The Balaban J connectivity index is 1.98. The molecule has 0 atom stereocenters. The van der Waals surface area contributed by atoms with Crippen molar-refractivity contribution in [2.75, 3.05) is 0 Å². The third-order valence-corrected chi connectivity index (χ3v) is 4.36. The number of aromatic hydroxyl groups is 1. The fourth-order valence-electron chi connectivity index (χ4n) is 1.93. The summed E-state index contributed by atoms with van der Waals surface area (Å²) in [4.78, 5) is 11.0. The number of benzene rings is 2. The smallest absolute Gasteiger partial charge is 0.337 e. The lowest BCUT2D eigenvalue weighted by Crippen LogP contribution is -1.96. The van der Waals surface area contributed by atoms with Gasteiger partial charge in [0, 0.05) is 10.1 Å². The first kappa shape index (κ1) is 14.5. The zero-order valence-corrected chi connectivity index (χ0v) is 12.6.